The maximum absolute atomic E-state index is 13.1. The average molecular weight is 424 g/mol. The van der Waals surface area contributed by atoms with Crippen molar-refractivity contribution in [2.24, 2.45) is 0 Å². The molecule has 0 bridgehead atoms. The molecule has 0 aliphatic carbocycles. The Morgan fingerprint density at radius 2 is 1.90 bits per heavy atom. The van der Waals surface area contributed by atoms with E-state index >= 15 is 0 Å². The Morgan fingerprint density at radius 3 is 2.62 bits per heavy atom. The molecule has 4 aromatic rings. The van der Waals surface area contributed by atoms with E-state index in [2.05, 4.69) is 23.3 Å². The summed E-state index contributed by atoms with van der Waals surface area (Å²) in [6.45, 7) is 3.98. The summed E-state index contributed by atoms with van der Waals surface area (Å²) in [6.07, 6.45) is 1.42. The molecule has 5 nitrogen and oxygen atoms in total. The number of nitrogens with zero attached hydrogens (tertiary/aromatic N) is 2. The molecule has 29 heavy (non-hydrogen) atoms. The number of carbonyl (C=O) groups is 1. The molecule has 0 fully saturated rings. The van der Waals surface area contributed by atoms with Gasteiger partial charge in [-0.25, -0.2) is 4.98 Å². The van der Waals surface area contributed by atoms with Crippen LogP contribution < -0.4 is 10.9 Å². The highest BCUT2D eigenvalue weighted by Gasteiger charge is 2.15. The van der Waals surface area contributed by atoms with E-state index in [1.807, 2.05) is 24.4 Å². The molecule has 2 aromatic heterocycles. The number of hydrogen-bond donors (Lipinski definition) is 1. The molecule has 0 atom stereocenters. The van der Waals surface area contributed by atoms with Gasteiger partial charge in [-0.1, -0.05) is 29.8 Å². The maximum Gasteiger partial charge on any atom is 0.263 e. The number of benzene rings is 2. The van der Waals surface area contributed by atoms with Crippen molar-refractivity contribution >= 4 is 44.7 Å². The van der Waals surface area contributed by atoms with Gasteiger partial charge in [0, 0.05) is 21.7 Å². The smallest absolute Gasteiger partial charge is 0.263 e. The van der Waals surface area contributed by atoms with Crippen molar-refractivity contribution in [3.63, 3.8) is 0 Å². The topological polar surface area (TPSA) is 64.0 Å². The van der Waals surface area contributed by atoms with Gasteiger partial charge < -0.3 is 5.32 Å². The van der Waals surface area contributed by atoms with Gasteiger partial charge in [-0.05, 0) is 54.8 Å². The highest BCUT2D eigenvalue weighted by Crippen LogP contribution is 2.31. The van der Waals surface area contributed by atoms with Crippen LogP contribution in [0.3, 0.4) is 0 Å². The average Bonchev–Trinajstić information content (AvgIpc) is 3.13. The monoisotopic (exact) mass is 423 g/mol. The lowest BCUT2D eigenvalue weighted by Crippen LogP contribution is -2.27. The van der Waals surface area contributed by atoms with E-state index < -0.39 is 0 Å². The summed E-state index contributed by atoms with van der Waals surface area (Å²) in [4.78, 5) is 30.6. The van der Waals surface area contributed by atoms with Crippen molar-refractivity contribution in [3.8, 4) is 11.1 Å². The van der Waals surface area contributed by atoms with Crippen molar-refractivity contribution in [2.75, 3.05) is 5.32 Å². The second-order valence-corrected chi connectivity index (χ2v) is 8.16. The van der Waals surface area contributed by atoms with E-state index in [1.54, 1.807) is 24.3 Å². The number of halogens is 1. The molecule has 0 aliphatic heterocycles. The first kappa shape index (κ1) is 19.4. The lowest BCUT2D eigenvalue weighted by atomic mass is 10.0. The fourth-order valence-electron chi connectivity index (χ4n) is 3.09. The lowest BCUT2D eigenvalue weighted by molar-refractivity contribution is -0.116. The third kappa shape index (κ3) is 3.95. The van der Waals surface area contributed by atoms with Crippen molar-refractivity contribution in [1.29, 1.82) is 0 Å². The Bertz CT molecular complexity index is 1280. The summed E-state index contributed by atoms with van der Waals surface area (Å²) in [5, 5.41) is 5.84. The van der Waals surface area contributed by atoms with Gasteiger partial charge in [0.1, 0.15) is 11.4 Å². The molecular weight excluding hydrogens is 406 g/mol. The summed E-state index contributed by atoms with van der Waals surface area (Å²) in [6, 6.07) is 12.9. The summed E-state index contributed by atoms with van der Waals surface area (Å²) in [5.41, 5.74) is 4.57. The largest absolute Gasteiger partial charge is 0.325 e. The number of amides is 1. The predicted molar refractivity (Wildman–Crippen MR) is 119 cm³/mol. The number of carbonyl (C=O) groups excluding carboxylic acids is 1. The Balaban J connectivity index is 1.66. The Labute approximate surface area is 176 Å². The standard InChI is InChI=1S/C22H18ClN3O2S/c1-13-3-4-15(9-14(13)2)18-11-29-21-20(18)22(28)26(12-24-21)10-19(27)25-17-7-5-16(23)6-8-17/h3-9,11-12H,10H2,1-2H3,(H,25,27). The van der Waals surface area contributed by atoms with Crippen LogP contribution in [0.4, 0.5) is 5.69 Å². The molecule has 0 saturated heterocycles. The highest BCUT2D eigenvalue weighted by molar-refractivity contribution is 7.17. The van der Waals surface area contributed by atoms with E-state index in [0.29, 0.717) is 20.9 Å². The maximum atomic E-state index is 13.1. The number of fused-ring (bicyclic) bond motifs is 1. The second kappa shape index (κ2) is 7.81. The number of nitrogens with one attached hydrogen (secondary N) is 1. The van der Waals surface area contributed by atoms with E-state index in [-0.39, 0.29) is 18.0 Å². The molecule has 0 aliphatic rings. The molecule has 0 unspecified atom stereocenters. The molecule has 146 valence electrons. The zero-order chi connectivity index (χ0) is 20.5. The fraction of sp³-hybridized carbons (Fsp3) is 0.136. The summed E-state index contributed by atoms with van der Waals surface area (Å²) in [7, 11) is 0. The Hall–Kier alpha value is -2.96. The van der Waals surface area contributed by atoms with Crippen molar-refractivity contribution in [1.82, 2.24) is 9.55 Å². The van der Waals surface area contributed by atoms with Gasteiger partial charge >= 0.3 is 0 Å². The van der Waals surface area contributed by atoms with Gasteiger partial charge in [-0.3, -0.25) is 14.2 Å². The normalized spacial score (nSPS) is 11.0. The Morgan fingerprint density at radius 1 is 1.14 bits per heavy atom. The molecule has 4 rings (SSSR count). The van der Waals surface area contributed by atoms with Gasteiger partial charge in [-0.15, -0.1) is 11.3 Å². The molecule has 7 heteroatoms. The van der Waals surface area contributed by atoms with Crippen LogP contribution in [0.1, 0.15) is 11.1 Å². The summed E-state index contributed by atoms with van der Waals surface area (Å²) >= 11 is 7.29. The minimum atomic E-state index is -0.307. The molecule has 1 amide bonds. The number of thiophene rings is 1. The van der Waals surface area contributed by atoms with Crippen LogP contribution in [-0.4, -0.2) is 15.5 Å². The number of anilines is 1. The molecule has 0 radical (unpaired) electrons. The quantitative estimate of drug-likeness (QED) is 0.500. The van der Waals surface area contributed by atoms with Crippen LogP contribution in [0.25, 0.3) is 21.3 Å². The van der Waals surface area contributed by atoms with Gasteiger partial charge in [0.15, 0.2) is 0 Å². The van der Waals surface area contributed by atoms with Gasteiger partial charge in [0.05, 0.1) is 11.7 Å². The Kier molecular flexibility index (Phi) is 5.22. The molecule has 2 aromatic carbocycles. The van der Waals surface area contributed by atoms with Crippen LogP contribution in [-0.2, 0) is 11.3 Å². The first-order valence-electron chi connectivity index (χ1n) is 9.02. The zero-order valence-corrected chi connectivity index (χ0v) is 17.5. The zero-order valence-electron chi connectivity index (χ0n) is 15.9. The SMILES string of the molecule is Cc1ccc(-c2csc3ncn(CC(=O)Nc4ccc(Cl)cc4)c(=O)c23)cc1C. The second-order valence-electron chi connectivity index (χ2n) is 6.86. The van der Waals surface area contributed by atoms with E-state index in [1.165, 1.54) is 27.8 Å². The number of hydrogen-bond acceptors (Lipinski definition) is 4. The molecule has 2 heterocycles. The van der Waals surface area contributed by atoms with Crippen LogP contribution in [0.2, 0.25) is 5.02 Å². The summed E-state index contributed by atoms with van der Waals surface area (Å²) in [5.74, 6) is -0.307. The lowest BCUT2D eigenvalue weighted by Gasteiger charge is -2.08. The van der Waals surface area contributed by atoms with E-state index in [0.717, 1.165) is 16.7 Å². The van der Waals surface area contributed by atoms with Gasteiger partial charge in [0.2, 0.25) is 5.91 Å². The van der Waals surface area contributed by atoms with Gasteiger partial charge in [-0.2, -0.15) is 0 Å². The van der Waals surface area contributed by atoms with Crippen LogP contribution >= 0.6 is 22.9 Å². The predicted octanol–water partition coefficient (Wildman–Crippen LogP) is 5.03. The van der Waals surface area contributed by atoms with Gasteiger partial charge in [0.25, 0.3) is 5.56 Å². The molecule has 0 spiro atoms. The van der Waals surface area contributed by atoms with Crippen molar-refractivity contribution < 1.29 is 4.79 Å². The van der Waals surface area contributed by atoms with E-state index in [9.17, 15) is 9.59 Å². The number of aromatic nitrogens is 2. The first-order valence-corrected chi connectivity index (χ1v) is 10.3. The first-order chi connectivity index (χ1) is 13.9. The third-order valence-corrected chi connectivity index (χ3v) is 5.96. The molecular formula is C22H18ClN3O2S. The number of rotatable bonds is 4. The number of aryl methyl sites for hydroxylation is 2. The fourth-order valence-corrected chi connectivity index (χ4v) is 4.12. The third-order valence-electron chi connectivity index (χ3n) is 4.82. The van der Waals surface area contributed by atoms with Crippen LogP contribution in [0.5, 0.6) is 0 Å². The minimum absolute atomic E-state index is 0.118. The van der Waals surface area contributed by atoms with Crippen LogP contribution in [0.15, 0.2) is 59.0 Å². The van der Waals surface area contributed by atoms with Crippen molar-refractivity contribution in [2.45, 2.75) is 20.4 Å². The highest BCUT2D eigenvalue weighted by atomic mass is 35.5. The molecule has 0 saturated carbocycles. The molecule has 1 N–H and O–H groups in total. The van der Waals surface area contributed by atoms with Crippen LogP contribution in [0, 0.1) is 13.8 Å². The van der Waals surface area contributed by atoms with Crippen molar-refractivity contribution in [3.05, 3.63) is 80.7 Å². The minimum Gasteiger partial charge on any atom is -0.325 e. The van der Waals surface area contributed by atoms with E-state index in [4.69, 9.17) is 11.6 Å². The summed E-state index contributed by atoms with van der Waals surface area (Å²) < 4.78 is 1.34.